The Morgan fingerprint density at radius 1 is 1.10 bits per heavy atom. The summed E-state index contributed by atoms with van der Waals surface area (Å²) in [5.74, 6) is -2.78. The number of carbonyl (C=O) groups is 1. The lowest BCUT2D eigenvalue weighted by Crippen LogP contribution is -2.53. The number of piperazine rings is 1. The lowest BCUT2D eigenvalue weighted by molar-refractivity contribution is -0.117. The highest BCUT2D eigenvalue weighted by molar-refractivity contribution is 7.88. The molecule has 3 aromatic rings. The van der Waals surface area contributed by atoms with E-state index in [1.807, 2.05) is 0 Å². The second-order valence-electron chi connectivity index (χ2n) is 9.53. The van der Waals surface area contributed by atoms with Gasteiger partial charge in [0, 0.05) is 31.6 Å². The molecule has 8 nitrogen and oxygen atoms in total. The van der Waals surface area contributed by atoms with Crippen LogP contribution in [0.5, 0.6) is 0 Å². The highest BCUT2D eigenvalue weighted by atomic mass is 32.2. The Bertz CT molecular complexity index is 1360. The first-order valence-electron chi connectivity index (χ1n) is 12.4. The topological polar surface area (TPSA) is 117 Å². The fourth-order valence-corrected chi connectivity index (χ4v) is 5.94. The number of hydrogen-bond donors (Lipinski definition) is 3. The maximum atomic E-state index is 14.6. The van der Waals surface area contributed by atoms with Crippen molar-refractivity contribution in [3.8, 4) is 0 Å². The average molecular weight is 562 g/mol. The van der Waals surface area contributed by atoms with Crippen molar-refractivity contribution in [2.75, 3.05) is 31.2 Å². The van der Waals surface area contributed by atoms with Crippen LogP contribution in [0, 0.1) is 17.5 Å². The first-order valence-corrected chi connectivity index (χ1v) is 14.3. The van der Waals surface area contributed by atoms with Gasteiger partial charge in [-0.1, -0.05) is 24.3 Å². The number of nitrogens with one attached hydrogen (secondary N) is 2. The molecule has 4 rings (SSSR count). The fraction of sp³-hybridized carbons (Fsp3) is 0.333. The molecule has 2 heterocycles. The Labute approximate surface area is 225 Å². The van der Waals surface area contributed by atoms with Gasteiger partial charge in [-0.05, 0) is 59.9 Å². The van der Waals surface area contributed by atoms with Crippen LogP contribution in [-0.4, -0.2) is 61.6 Å². The van der Waals surface area contributed by atoms with Crippen molar-refractivity contribution >= 4 is 21.7 Å². The standard InChI is InChI=1S/C27H30F3N5O3S/c1-39(37,38)35-13-12-32-15-22(35)11-6-19-14-24(33-16-23(19)30)34-27(36)26(31)25(17-2-7-20(28)8-3-17)18-4-9-21(29)10-5-18/h2-5,7-10,14,16,22,25-26,32H,6,11-13,15,31H2,1H3,(H,33,34,36)/t22?,26-/m0/s1. The van der Waals surface area contributed by atoms with Gasteiger partial charge in [0.05, 0.1) is 18.5 Å². The molecule has 12 heteroatoms. The lowest BCUT2D eigenvalue weighted by Gasteiger charge is -2.34. The Hall–Kier alpha value is -3.32. The monoisotopic (exact) mass is 561 g/mol. The molecule has 2 aromatic carbocycles. The van der Waals surface area contributed by atoms with Gasteiger partial charge in [-0.2, -0.15) is 4.31 Å². The van der Waals surface area contributed by atoms with Crippen molar-refractivity contribution < 1.29 is 26.4 Å². The minimum absolute atomic E-state index is 0.0746. The maximum absolute atomic E-state index is 14.6. The molecule has 1 aliphatic rings. The van der Waals surface area contributed by atoms with Crippen LogP contribution >= 0.6 is 0 Å². The molecule has 0 bridgehead atoms. The molecular formula is C27H30F3N5O3S. The number of halogens is 3. The normalized spacial score (nSPS) is 17.2. The minimum Gasteiger partial charge on any atom is -0.319 e. The molecule has 0 spiro atoms. The van der Waals surface area contributed by atoms with Crippen molar-refractivity contribution in [3.63, 3.8) is 0 Å². The van der Waals surface area contributed by atoms with Crippen LogP contribution in [0.4, 0.5) is 19.0 Å². The summed E-state index contributed by atoms with van der Waals surface area (Å²) in [4.78, 5) is 17.1. The number of anilines is 1. The summed E-state index contributed by atoms with van der Waals surface area (Å²) < 4.78 is 67.3. The molecule has 1 aliphatic heterocycles. The van der Waals surface area contributed by atoms with Gasteiger partial charge in [-0.15, -0.1) is 0 Å². The molecule has 1 amide bonds. The number of benzene rings is 2. The number of pyridine rings is 1. The van der Waals surface area contributed by atoms with Crippen LogP contribution < -0.4 is 16.4 Å². The summed E-state index contributed by atoms with van der Waals surface area (Å²) in [7, 11) is -3.41. The van der Waals surface area contributed by atoms with Gasteiger partial charge in [0.1, 0.15) is 23.3 Å². The number of aromatic nitrogens is 1. The zero-order valence-electron chi connectivity index (χ0n) is 21.3. The Morgan fingerprint density at radius 3 is 2.26 bits per heavy atom. The molecular weight excluding hydrogens is 531 g/mol. The Morgan fingerprint density at radius 2 is 1.69 bits per heavy atom. The highest BCUT2D eigenvalue weighted by Crippen LogP contribution is 2.29. The quantitative estimate of drug-likeness (QED) is 0.370. The van der Waals surface area contributed by atoms with E-state index in [4.69, 9.17) is 5.73 Å². The number of nitrogens with two attached hydrogens (primary N) is 1. The molecule has 2 atom stereocenters. The largest absolute Gasteiger partial charge is 0.319 e. The predicted octanol–water partition coefficient (Wildman–Crippen LogP) is 2.76. The predicted molar refractivity (Wildman–Crippen MR) is 142 cm³/mol. The average Bonchev–Trinajstić information content (AvgIpc) is 2.90. The molecule has 39 heavy (non-hydrogen) atoms. The second kappa shape index (κ2) is 12.2. The van der Waals surface area contributed by atoms with Gasteiger partial charge in [-0.3, -0.25) is 4.79 Å². The van der Waals surface area contributed by atoms with E-state index in [1.165, 1.54) is 58.9 Å². The van der Waals surface area contributed by atoms with E-state index in [9.17, 15) is 26.4 Å². The lowest BCUT2D eigenvalue weighted by atomic mass is 9.85. The summed E-state index contributed by atoms with van der Waals surface area (Å²) in [6.45, 7) is 1.33. The molecule has 0 saturated carbocycles. The number of rotatable bonds is 9. The smallest absolute Gasteiger partial charge is 0.243 e. The van der Waals surface area contributed by atoms with Gasteiger partial charge in [0.15, 0.2) is 0 Å². The molecule has 1 aromatic heterocycles. The Kier molecular flexibility index (Phi) is 9.01. The van der Waals surface area contributed by atoms with Crippen molar-refractivity contribution in [1.29, 1.82) is 0 Å². The van der Waals surface area contributed by atoms with E-state index in [-0.39, 0.29) is 23.8 Å². The van der Waals surface area contributed by atoms with Gasteiger partial charge in [0.25, 0.3) is 0 Å². The van der Waals surface area contributed by atoms with Crippen molar-refractivity contribution in [2.24, 2.45) is 5.73 Å². The zero-order valence-corrected chi connectivity index (χ0v) is 22.1. The summed E-state index contributed by atoms with van der Waals surface area (Å²) in [6.07, 6.45) is 2.72. The first kappa shape index (κ1) is 28.7. The van der Waals surface area contributed by atoms with Crippen molar-refractivity contribution in [3.05, 3.63) is 94.9 Å². The SMILES string of the molecule is CS(=O)(=O)N1CCNCC1CCc1cc(NC(=O)[C@@H](N)C(c2ccc(F)cc2)c2ccc(F)cc2)ncc1F. The Balaban J connectivity index is 1.51. The molecule has 0 radical (unpaired) electrons. The molecule has 1 unspecified atom stereocenters. The fourth-order valence-electron chi connectivity index (χ4n) is 4.80. The van der Waals surface area contributed by atoms with Crippen LogP contribution in [0.2, 0.25) is 0 Å². The minimum atomic E-state index is -3.41. The number of aryl methyl sites for hydroxylation is 1. The van der Waals surface area contributed by atoms with E-state index in [2.05, 4.69) is 15.6 Å². The van der Waals surface area contributed by atoms with Crippen LogP contribution in [0.1, 0.15) is 29.0 Å². The third kappa shape index (κ3) is 7.21. The first-order chi connectivity index (χ1) is 18.5. The second-order valence-corrected chi connectivity index (χ2v) is 11.5. The summed E-state index contributed by atoms with van der Waals surface area (Å²) in [6, 6.07) is 10.9. The van der Waals surface area contributed by atoms with Gasteiger partial charge in [-0.25, -0.2) is 26.6 Å². The van der Waals surface area contributed by atoms with Crippen molar-refractivity contribution in [1.82, 2.24) is 14.6 Å². The number of hydrogen-bond acceptors (Lipinski definition) is 6. The van der Waals surface area contributed by atoms with E-state index in [0.29, 0.717) is 37.2 Å². The van der Waals surface area contributed by atoms with Gasteiger partial charge < -0.3 is 16.4 Å². The van der Waals surface area contributed by atoms with Crippen molar-refractivity contribution in [2.45, 2.75) is 30.8 Å². The highest BCUT2D eigenvalue weighted by Gasteiger charge is 2.30. The summed E-state index contributed by atoms with van der Waals surface area (Å²) >= 11 is 0. The number of sulfonamides is 1. The molecule has 0 aliphatic carbocycles. The molecule has 208 valence electrons. The zero-order chi connectivity index (χ0) is 28.2. The molecule has 1 fully saturated rings. The van der Waals surface area contributed by atoms with E-state index in [0.717, 1.165) is 12.5 Å². The summed E-state index contributed by atoms with van der Waals surface area (Å²) in [5, 5.41) is 5.77. The van der Waals surface area contributed by atoms with E-state index >= 15 is 0 Å². The van der Waals surface area contributed by atoms with Gasteiger partial charge in [0.2, 0.25) is 15.9 Å². The number of amides is 1. The van der Waals surface area contributed by atoms with Crippen LogP contribution in [0.3, 0.4) is 0 Å². The van der Waals surface area contributed by atoms with Crippen LogP contribution in [0.25, 0.3) is 0 Å². The molecule has 1 saturated heterocycles. The van der Waals surface area contributed by atoms with Gasteiger partial charge >= 0.3 is 0 Å². The maximum Gasteiger partial charge on any atom is 0.243 e. The van der Waals surface area contributed by atoms with E-state index in [1.54, 1.807) is 0 Å². The van der Waals surface area contributed by atoms with Crippen LogP contribution in [-0.2, 0) is 21.2 Å². The summed E-state index contributed by atoms with van der Waals surface area (Å²) in [5.41, 5.74) is 7.73. The molecule has 4 N–H and O–H groups in total. The third-order valence-electron chi connectivity index (χ3n) is 6.78. The number of carbonyl (C=O) groups excluding carboxylic acids is 1. The number of nitrogens with zero attached hydrogens (tertiary/aromatic N) is 2. The van der Waals surface area contributed by atoms with Crippen LogP contribution in [0.15, 0.2) is 60.8 Å². The van der Waals surface area contributed by atoms with E-state index < -0.39 is 45.3 Å². The third-order valence-corrected chi connectivity index (χ3v) is 8.11.